The Morgan fingerprint density at radius 3 is 2.59 bits per heavy atom. The van der Waals surface area contributed by atoms with Gasteiger partial charge in [0.1, 0.15) is 10.8 Å². The zero-order chi connectivity index (χ0) is 13.0. The number of hydrogen-bond donors (Lipinski definition) is 2. The predicted molar refractivity (Wildman–Crippen MR) is 68.0 cm³/mol. The number of amides is 1. The number of carbonyl (C=O) groups is 1. The van der Waals surface area contributed by atoms with Crippen LogP contribution in [0.4, 0.5) is 0 Å². The van der Waals surface area contributed by atoms with E-state index in [9.17, 15) is 4.79 Å². The van der Waals surface area contributed by atoms with Crippen molar-refractivity contribution in [3.63, 3.8) is 0 Å². The van der Waals surface area contributed by atoms with Crippen molar-refractivity contribution < 1.29 is 9.53 Å². The van der Waals surface area contributed by atoms with Crippen molar-refractivity contribution in [3.8, 4) is 5.75 Å². The van der Waals surface area contributed by atoms with Crippen LogP contribution in [0.1, 0.15) is 13.8 Å². The molecule has 1 atom stereocenters. The van der Waals surface area contributed by atoms with Crippen LogP contribution in [0.15, 0.2) is 18.2 Å². The van der Waals surface area contributed by atoms with Gasteiger partial charge in [-0.15, -0.1) is 0 Å². The number of nitrogens with one attached hydrogen (secondary N) is 1. The van der Waals surface area contributed by atoms with E-state index in [0.717, 1.165) is 0 Å². The summed E-state index contributed by atoms with van der Waals surface area (Å²) in [4.78, 5) is 11.5. The first-order valence-electron chi connectivity index (χ1n) is 5.08. The van der Waals surface area contributed by atoms with Crippen LogP contribution in [-0.4, -0.2) is 12.0 Å². The molecule has 94 valence electrons. The largest absolute Gasteiger partial charge is 0.479 e. The number of ether oxygens (including phenoxy) is 1. The van der Waals surface area contributed by atoms with E-state index in [2.05, 4.69) is 5.43 Å². The maximum atomic E-state index is 11.5. The van der Waals surface area contributed by atoms with Crippen LogP contribution in [0.2, 0.25) is 10.0 Å². The first-order valence-corrected chi connectivity index (χ1v) is 5.84. The molecule has 0 fully saturated rings. The summed E-state index contributed by atoms with van der Waals surface area (Å²) in [6.07, 6.45) is -0.712. The van der Waals surface area contributed by atoms with Gasteiger partial charge in [-0.1, -0.05) is 43.1 Å². The summed E-state index contributed by atoms with van der Waals surface area (Å²) in [6, 6.07) is 4.98. The second kappa shape index (κ2) is 6.10. The Morgan fingerprint density at radius 2 is 2.06 bits per heavy atom. The molecular weight excluding hydrogens is 263 g/mol. The molecule has 0 bridgehead atoms. The van der Waals surface area contributed by atoms with Gasteiger partial charge in [-0.05, 0) is 18.1 Å². The molecule has 0 heterocycles. The number of rotatable bonds is 4. The van der Waals surface area contributed by atoms with Crippen LogP contribution in [0.3, 0.4) is 0 Å². The van der Waals surface area contributed by atoms with E-state index < -0.39 is 12.0 Å². The fraction of sp³-hybridized carbons (Fsp3) is 0.364. The van der Waals surface area contributed by atoms with Crippen LogP contribution in [0.25, 0.3) is 0 Å². The smallest absolute Gasteiger partial charge is 0.275 e. The maximum absolute atomic E-state index is 11.5. The summed E-state index contributed by atoms with van der Waals surface area (Å²) in [5.74, 6) is 5.00. The Kier molecular flexibility index (Phi) is 5.05. The first kappa shape index (κ1) is 14.1. The number of carbonyl (C=O) groups excluding carboxylic acids is 1. The Hall–Kier alpha value is -0.970. The Bertz CT molecular complexity index is 410. The second-order valence-corrected chi connectivity index (χ2v) is 4.63. The van der Waals surface area contributed by atoms with Crippen molar-refractivity contribution in [2.75, 3.05) is 0 Å². The summed E-state index contributed by atoms with van der Waals surface area (Å²) < 4.78 is 5.53. The second-order valence-electron chi connectivity index (χ2n) is 3.84. The van der Waals surface area contributed by atoms with E-state index in [4.69, 9.17) is 33.8 Å². The highest BCUT2D eigenvalue weighted by molar-refractivity contribution is 6.42. The van der Waals surface area contributed by atoms with Gasteiger partial charge in [0.25, 0.3) is 5.91 Å². The molecule has 17 heavy (non-hydrogen) atoms. The summed E-state index contributed by atoms with van der Waals surface area (Å²) in [7, 11) is 0. The van der Waals surface area contributed by atoms with Crippen LogP contribution < -0.4 is 16.0 Å². The number of nitrogens with two attached hydrogens (primary N) is 1. The monoisotopic (exact) mass is 276 g/mol. The molecule has 1 rings (SSSR count). The topological polar surface area (TPSA) is 64.3 Å². The van der Waals surface area contributed by atoms with Gasteiger partial charge in [0.05, 0.1) is 5.02 Å². The van der Waals surface area contributed by atoms with Crippen molar-refractivity contribution >= 4 is 29.1 Å². The predicted octanol–water partition coefficient (Wildman–Crippen LogP) is 2.39. The summed E-state index contributed by atoms with van der Waals surface area (Å²) in [6.45, 7) is 3.69. The normalized spacial score (nSPS) is 12.4. The average molecular weight is 277 g/mol. The lowest BCUT2D eigenvalue weighted by atomic mass is 10.1. The minimum atomic E-state index is -0.712. The molecule has 0 radical (unpaired) electrons. The standard InChI is InChI=1S/C11H14Cl2N2O2/c1-6(2)10(11(16)15-14)17-8-5-3-4-7(12)9(8)13/h3-6,10H,14H2,1-2H3,(H,15,16). The fourth-order valence-electron chi connectivity index (χ4n) is 1.29. The molecule has 1 aromatic rings. The summed E-state index contributed by atoms with van der Waals surface area (Å²) in [5.41, 5.74) is 2.06. The van der Waals surface area contributed by atoms with Crippen molar-refractivity contribution in [2.24, 2.45) is 11.8 Å². The lowest BCUT2D eigenvalue weighted by Crippen LogP contribution is -2.44. The van der Waals surface area contributed by atoms with E-state index in [1.165, 1.54) is 0 Å². The van der Waals surface area contributed by atoms with Gasteiger partial charge >= 0.3 is 0 Å². The highest BCUT2D eigenvalue weighted by atomic mass is 35.5. The molecule has 4 nitrogen and oxygen atoms in total. The third kappa shape index (κ3) is 3.49. The molecule has 0 aromatic heterocycles. The van der Waals surface area contributed by atoms with Crippen LogP contribution in [-0.2, 0) is 4.79 Å². The Labute approximate surface area is 110 Å². The Morgan fingerprint density at radius 1 is 1.41 bits per heavy atom. The quantitative estimate of drug-likeness (QED) is 0.504. The highest BCUT2D eigenvalue weighted by Crippen LogP contribution is 2.32. The van der Waals surface area contributed by atoms with Gasteiger partial charge in [0.2, 0.25) is 0 Å². The van der Waals surface area contributed by atoms with Crippen molar-refractivity contribution in [1.82, 2.24) is 5.43 Å². The maximum Gasteiger partial charge on any atom is 0.275 e. The highest BCUT2D eigenvalue weighted by Gasteiger charge is 2.24. The fourth-order valence-corrected chi connectivity index (χ4v) is 1.62. The molecule has 1 amide bonds. The van der Waals surface area contributed by atoms with E-state index in [1.54, 1.807) is 18.2 Å². The molecule has 0 aliphatic rings. The van der Waals surface area contributed by atoms with Gasteiger partial charge < -0.3 is 4.74 Å². The average Bonchev–Trinajstić information content (AvgIpc) is 2.29. The zero-order valence-electron chi connectivity index (χ0n) is 9.54. The van der Waals surface area contributed by atoms with E-state index in [-0.39, 0.29) is 10.9 Å². The molecule has 0 saturated carbocycles. The lowest BCUT2D eigenvalue weighted by molar-refractivity contribution is -0.129. The lowest BCUT2D eigenvalue weighted by Gasteiger charge is -2.21. The molecule has 0 aliphatic carbocycles. The van der Waals surface area contributed by atoms with Gasteiger partial charge in [0, 0.05) is 0 Å². The number of benzene rings is 1. The van der Waals surface area contributed by atoms with Gasteiger partial charge in [0.15, 0.2) is 6.10 Å². The van der Waals surface area contributed by atoms with Gasteiger partial charge in [-0.3, -0.25) is 10.2 Å². The molecule has 3 N–H and O–H groups in total. The van der Waals surface area contributed by atoms with Crippen LogP contribution in [0, 0.1) is 5.92 Å². The summed E-state index contributed by atoms with van der Waals surface area (Å²) in [5, 5.41) is 0.657. The first-order chi connectivity index (χ1) is 7.97. The van der Waals surface area contributed by atoms with Crippen molar-refractivity contribution in [3.05, 3.63) is 28.2 Å². The minimum absolute atomic E-state index is 0.0476. The number of halogens is 2. The molecule has 6 heteroatoms. The van der Waals surface area contributed by atoms with E-state index in [1.807, 2.05) is 13.8 Å². The van der Waals surface area contributed by atoms with Crippen LogP contribution >= 0.6 is 23.2 Å². The zero-order valence-corrected chi connectivity index (χ0v) is 11.0. The van der Waals surface area contributed by atoms with E-state index >= 15 is 0 Å². The van der Waals surface area contributed by atoms with Gasteiger partial charge in [-0.25, -0.2) is 5.84 Å². The Balaban J connectivity index is 2.94. The molecule has 0 saturated heterocycles. The third-order valence-electron chi connectivity index (χ3n) is 2.18. The molecule has 0 aliphatic heterocycles. The third-order valence-corrected chi connectivity index (χ3v) is 2.98. The van der Waals surface area contributed by atoms with Crippen molar-refractivity contribution in [2.45, 2.75) is 20.0 Å². The minimum Gasteiger partial charge on any atom is -0.479 e. The van der Waals surface area contributed by atoms with Gasteiger partial charge in [-0.2, -0.15) is 0 Å². The number of hydrogen-bond acceptors (Lipinski definition) is 3. The van der Waals surface area contributed by atoms with E-state index in [0.29, 0.717) is 10.8 Å². The molecule has 1 unspecified atom stereocenters. The molecule has 1 aromatic carbocycles. The van der Waals surface area contributed by atoms with Crippen LogP contribution in [0.5, 0.6) is 5.75 Å². The molecule has 0 spiro atoms. The van der Waals surface area contributed by atoms with Crippen molar-refractivity contribution in [1.29, 1.82) is 0 Å². The number of hydrazine groups is 1. The SMILES string of the molecule is CC(C)C(Oc1cccc(Cl)c1Cl)C(=O)NN. The molecular formula is C11H14Cl2N2O2. The summed E-state index contributed by atoms with van der Waals surface area (Å²) >= 11 is 11.8.